The maximum atomic E-state index is 10.0. The van der Waals surface area contributed by atoms with E-state index in [2.05, 4.69) is 35.4 Å². The molecule has 0 atom stereocenters. The van der Waals surface area contributed by atoms with Crippen LogP contribution in [-0.2, 0) is 6.61 Å². The maximum Gasteiger partial charge on any atom is 0.139 e. The lowest BCUT2D eigenvalue weighted by Crippen LogP contribution is -2.36. The lowest BCUT2D eigenvalue weighted by atomic mass is 9.90. The van der Waals surface area contributed by atoms with Gasteiger partial charge in [-0.1, -0.05) is 17.7 Å². The van der Waals surface area contributed by atoms with E-state index < -0.39 is 0 Å². The van der Waals surface area contributed by atoms with E-state index >= 15 is 0 Å². The van der Waals surface area contributed by atoms with E-state index in [-0.39, 0.29) is 17.4 Å². The Hall–Kier alpha value is -2.85. The van der Waals surface area contributed by atoms with E-state index in [4.69, 9.17) is 11.6 Å². The van der Waals surface area contributed by atoms with Crippen molar-refractivity contribution in [3.63, 3.8) is 0 Å². The number of rotatable bonds is 5. The van der Waals surface area contributed by atoms with Gasteiger partial charge in [0.15, 0.2) is 0 Å². The van der Waals surface area contributed by atoms with Crippen molar-refractivity contribution in [1.29, 1.82) is 5.26 Å². The summed E-state index contributed by atoms with van der Waals surface area (Å²) >= 11 is 6.18. The molecule has 1 heterocycles. The lowest BCUT2D eigenvalue weighted by Gasteiger charge is -2.33. The Morgan fingerprint density at radius 3 is 2.56 bits per heavy atom. The molecule has 0 unspecified atom stereocenters. The quantitative estimate of drug-likeness (QED) is 0.511. The third-order valence-corrected chi connectivity index (χ3v) is 6.70. The van der Waals surface area contributed by atoms with Gasteiger partial charge in [-0.3, -0.25) is 4.98 Å². The zero-order valence-corrected chi connectivity index (χ0v) is 19.0. The van der Waals surface area contributed by atoms with Crippen molar-refractivity contribution >= 4 is 28.2 Å². The first-order valence-electron chi connectivity index (χ1n) is 10.8. The summed E-state index contributed by atoms with van der Waals surface area (Å²) in [6.45, 7) is -0.310. The average Bonchev–Trinajstić information content (AvgIpc) is 2.81. The summed E-state index contributed by atoms with van der Waals surface area (Å²) in [5.74, 6) is -0.108. The lowest BCUT2D eigenvalue weighted by molar-refractivity contribution is 0.221. The molecule has 1 aliphatic carbocycles. The normalized spacial score (nSPS) is 18.6. The molecule has 6 nitrogen and oxygen atoms in total. The summed E-state index contributed by atoms with van der Waals surface area (Å²) in [6.07, 6.45) is 5.96. The SMILES string of the molecule is CN(C)[C@H]1CC[C@H](Nc2c(C#N)cnc3ccc(-c4cc(Cl)c(O)c(CO)c4)cc23)CC1. The molecular weight excluding hydrogens is 424 g/mol. The van der Waals surface area contributed by atoms with E-state index in [9.17, 15) is 15.5 Å². The molecule has 1 aliphatic rings. The minimum absolute atomic E-state index is 0.108. The van der Waals surface area contributed by atoms with Crippen molar-refractivity contribution in [1.82, 2.24) is 9.88 Å². The smallest absolute Gasteiger partial charge is 0.139 e. The number of pyridine rings is 1. The Bertz CT molecular complexity index is 1180. The molecule has 0 amide bonds. The van der Waals surface area contributed by atoms with Crippen molar-refractivity contribution in [3.05, 3.63) is 52.7 Å². The molecule has 0 bridgehead atoms. The Morgan fingerprint density at radius 2 is 1.91 bits per heavy atom. The zero-order chi connectivity index (χ0) is 22.8. The number of nitriles is 1. The Balaban J connectivity index is 1.73. The molecule has 0 spiro atoms. The molecule has 3 N–H and O–H groups in total. The second-order valence-corrected chi connectivity index (χ2v) is 9.04. The van der Waals surface area contributed by atoms with Crippen LogP contribution in [-0.4, -0.2) is 46.3 Å². The summed E-state index contributed by atoms with van der Waals surface area (Å²) in [5, 5.41) is 34.0. The molecule has 32 heavy (non-hydrogen) atoms. The van der Waals surface area contributed by atoms with Crippen molar-refractivity contribution in [3.8, 4) is 22.9 Å². The molecule has 7 heteroatoms. The third kappa shape index (κ3) is 4.37. The predicted molar refractivity (Wildman–Crippen MR) is 128 cm³/mol. The molecule has 3 aromatic rings. The molecule has 2 aromatic carbocycles. The molecule has 0 radical (unpaired) electrons. The first-order valence-corrected chi connectivity index (χ1v) is 11.2. The topological polar surface area (TPSA) is 92.4 Å². The van der Waals surface area contributed by atoms with Crippen molar-refractivity contribution in [2.45, 2.75) is 44.4 Å². The van der Waals surface area contributed by atoms with Gasteiger partial charge < -0.3 is 20.4 Å². The van der Waals surface area contributed by atoms with Gasteiger partial charge in [0.2, 0.25) is 0 Å². The average molecular weight is 451 g/mol. The Kier molecular flexibility index (Phi) is 6.52. The highest BCUT2D eigenvalue weighted by atomic mass is 35.5. The van der Waals surface area contributed by atoms with Crippen LogP contribution >= 0.6 is 11.6 Å². The Morgan fingerprint density at radius 1 is 1.16 bits per heavy atom. The second kappa shape index (κ2) is 9.33. The van der Waals surface area contributed by atoms with Gasteiger partial charge in [-0.2, -0.15) is 5.26 Å². The number of aromatic hydroxyl groups is 1. The maximum absolute atomic E-state index is 10.0. The molecular formula is C25H27ClN4O2. The number of aliphatic hydroxyl groups is 1. The van der Waals surface area contributed by atoms with Crippen LogP contribution in [0.25, 0.3) is 22.0 Å². The van der Waals surface area contributed by atoms with Gasteiger partial charge in [-0.05, 0) is 75.2 Å². The number of nitrogens with zero attached hydrogens (tertiary/aromatic N) is 3. The standard InChI is InChI=1S/C25H27ClN4O2/c1-30(2)20-6-4-19(5-7-20)29-24-18(12-27)13-28-23-8-3-15(10-21(23)24)16-9-17(14-31)25(32)22(26)11-16/h3,8-11,13,19-20,31-32H,4-7,14H2,1-2H3,(H,28,29)/t19-,20-. The first-order chi connectivity index (χ1) is 15.4. The van der Waals surface area contributed by atoms with Crippen LogP contribution in [0.4, 0.5) is 5.69 Å². The van der Waals surface area contributed by atoms with Crippen molar-refractivity contribution in [2.24, 2.45) is 0 Å². The summed E-state index contributed by atoms with van der Waals surface area (Å²) in [5.41, 5.74) is 4.13. The molecule has 0 saturated heterocycles. The fourth-order valence-electron chi connectivity index (χ4n) is 4.50. The third-order valence-electron chi connectivity index (χ3n) is 6.41. The van der Waals surface area contributed by atoms with Gasteiger partial charge in [0.1, 0.15) is 11.8 Å². The zero-order valence-electron chi connectivity index (χ0n) is 18.3. The van der Waals surface area contributed by atoms with E-state index in [1.807, 2.05) is 18.2 Å². The number of phenols is 1. The molecule has 0 aliphatic heterocycles. The van der Waals surface area contributed by atoms with Gasteiger partial charge in [0, 0.05) is 29.2 Å². The number of nitrogens with one attached hydrogen (secondary N) is 1. The fourth-order valence-corrected chi connectivity index (χ4v) is 4.74. The second-order valence-electron chi connectivity index (χ2n) is 8.63. The highest BCUT2D eigenvalue weighted by Gasteiger charge is 2.24. The monoisotopic (exact) mass is 450 g/mol. The van der Waals surface area contributed by atoms with Crippen LogP contribution in [0.15, 0.2) is 36.5 Å². The Labute approximate surface area is 193 Å². The minimum Gasteiger partial charge on any atom is -0.506 e. The molecule has 166 valence electrons. The van der Waals surface area contributed by atoms with E-state index in [1.165, 1.54) is 0 Å². The molecule has 1 aromatic heterocycles. The van der Waals surface area contributed by atoms with Crippen molar-refractivity contribution in [2.75, 3.05) is 19.4 Å². The van der Waals surface area contributed by atoms with E-state index in [1.54, 1.807) is 18.3 Å². The summed E-state index contributed by atoms with van der Waals surface area (Å²) in [6, 6.07) is 12.4. The predicted octanol–water partition coefficient (Wildman–Crippen LogP) is 4.91. The summed E-state index contributed by atoms with van der Waals surface area (Å²) in [7, 11) is 4.25. The highest BCUT2D eigenvalue weighted by Crippen LogP contribution is 2.36. The number of aliphatic hydroxyl groups excluding tert-OH is 1. The number of halogens is 1. The summed E-state index contributed by atoms with van der Waals surface area (Å²) < 4.78 is 0. The number of fused-ring (bicyclic) bond motifs is 1. The van der Waals surface area contributed by atoms with E-state index in [0.29, 0.717) is 23.2 Å². The largest absolute Gasteiger partial charge is 0.506 e. The van der Waals surface area contributed by atoms with Gasteiger partial charge >= 0.3 is 0 Å². The van der Waals surface area contributed by atoms with Crippen LogP contribution in [0, 0.1) is 11.3 Å². The summed E-state index contributed by atoms with van der Waals surface area (Å²) in [4.78, 5) is 6.75. The number of hydrogen-bond donors (Lipinski definition) is 3. The number of aromatic nitrogens is 1. The van der Waals surface area contributed by atoms with Gasteiger partial charge in [-0.25, -0.2) is 0 Å². The van der Waals surface area contributed by atoms with Crippen LogP contribution in [0.2, 0.25) is 5.02 Å². The minimum atomic E-state index is -0.310. The molecule has 4 rings (SSSR count). The van der Waals surface area contributed by atoms with Crippen LogP contribution < -0.4 is 5.32 Å². The highest BCUT2D eigenvalue weighted by molar-refractivity contribution is 6.32. The number of anilines is 1. The van der Waals surface area contributed by atoms with Gasteiger partial charge in [0.25, 0.3) is 0 Å². The number of benzene rings is 2. The van der Waals surface area contributed by atoms with Crippen molar-refractivity contribution < 1.29 is 10.2 Å². The van der Waals surface area contributed by atoms with Crippen LogP contribution in [0.3, 0.4) is 0 Å². The molecule has 1 saturated carbocycles. The van der Waals surface area contributed by atoms with Gasteiger partial charge in [-0.15, -0.1) is 0 Å². The molecule has 1 fully saturated rings. The first kappa shape index (κ1) is 22.3. The van der Waals surface area contributed by atoms with Crippen LogP contribution in [0.1, 0.15) is 36.8 Å². The van der Waals surface area contributed by atoms with Gasteiger partial charge in [0.05, 0.1) is 28.4 Å². The fraction of sp³-hybridized carbons (Fsp3) is 0.360. The van der Waals surface area contributed by atoms with Crippen LogP contribution in [0.5, 0.6) is 5.75 Å². The van der Waals surface area contributed by atoms with E-state index in [0.717, 1.165) is 53.4 Å². The number of hydrogen-bond acceptors (Lipinski definition) is 6.